The summed E-state index contributed by atoms with van der Waals surface area (Å²) in [7, 11) is 0. The maximum atomic E-state index is 13.6. The average molecular weight is 275 g/mol. The lowest BCUT2D eigenvalue weighted by molar-refractivity contribution is 0.303. The van der Waals surface area contributed by atoms with Gasteiger partial charge in [-0.25, -0.2) is 4.39 Å². The van der Waals surface area contributed by atoms with Crippen LogP contribution >= 0.6 is 11.8 Å². The van der Waals surface area contributed by atoms with E-state index in [-0.39, 0.29) is 5.75 Å². The summed E-state index contributed by atoms with van der Waals surface area (Å²) in [5, 5.41) is 0.316. The highest BCUT2D eigenvalue weighted by Crippen LogP contribution is 2.37. The van der Waals surface area contributed by atoms with Crippen molar-refractivity contribution >= 4 is 17.4 Å². The Bertz CT molecular complexity index is 557. The SMILES string of the molecule is Nc1cccc(F)c1OCC1Cc2ccccc2S1. The predicted octanol–water partition coefficient (Wildman–Crippen LogP) is 3.50. The van der Waals surface area contributed by atoms with Crippen molar-refractivity contribution < 1.29 is 9.13 Å². The molecular formula is C15H14FNOS. The van der Waals surface area contributed by atoms with Crippen molar-refractivity contribution in [2.75, 3.05) is 12.3 Å². The third-order valence-electron chi connectivity index (χ3n) is 3.12. The Morgan fingerprint density at radius 3 is 2.84 bits per heavy atom. The molecule has 1 atom stereocenters. The highest BCUT2D eigenvalue weighted by Gasteiger charge is 2.23. The Morgan fingerprint density at radius 1 is 1.21 bits per heavy atom. The van der Waals surface area contributed by atoms with E-state index in [9.17, 15) is 4.39 Å². The molecular weight excluding hydrogens is 261 g/mol. The summed E-state index contributed by atoms with van der Waals surface area (Å²) in [6.07, 6.45) is 0.954. The topological polar surface area (TPSA) is 35.2 Å². The molecule has 0 spiro atoms. The summed E-state index contributed by atoms with van der Waals surface area (Å²) in [5.74, 6) is -0.237. The van der Waals surface area contributed by atoms with Crippen LogP contribution in [0.2, 0.25) is 0 Å². The van der Waals surface area contributed by atoms with Gasteiger partial charge < -0.3 is 10.5 Å². The zero-order chi connectivity index (χ0) is 13.2. The van der Waals surface area contributed by atoms with Crippen LogP contribution in [0.1, 0.15) is 5.56 Å². The molecule has 0 radical (unpaired) electrons. The normalized spacial score (nSPS) is 17.2. The molecule has 0 aromatic heterocycles. The van der Waals surface area contributed by atoms with Crippen LogP contribution in [0.3, 0.4) is 0 Å². The Balaban J connectivity index is 1.66. The Labute approximate surface area is 115 Å². The van der Waals surface area contributed by atoms with Crippen molar-refractivity contribution in [2.45, 2.75) is 16.6 Å². The van der Waals surface area contributed by atoms with E-state index in [1.54, 1.807) is 23.9 Å². The lowest BCUT2D eigenvalue weighted by Gasteiger charge is -2.13. The van der Waals surface area contributed by atoms with Gasteiger partial charge in [-0.3, -0.25) is 0 Å². The highest BCUT2D eigenvalue weighted by molar-refractivity contribution is 8.00. The molecule has 1 aliphatic rings. The minimum atomic E-state index is -0.402. The molecule has 0 amide bonds. The molecule has 4 heteroatoms. The van der Waals surface area contributed by atoms with E-state index < -0.39 is 5.82 Å². The van der Waals surface area contributed by atoms with E-state index in [4.69, 9.17) is 10.5 Å². The number of hydrogen-bond donors (Lipinski definition) is 1. The van der Waals surface area contributed by atoms with E-state index in [0.29, 0.717) is 17.5 Å². The molecule has 1 unspecified atom stereocenters. The Hall–Kier alpha value is -1.68. The molecule has 1 aliphatic heterocycles. The minimum absolute atomic E-state index is 0.166. The largest absolute Gasteiger partial charge is 0.487 e. The zero-order valence-corrected chi connectivity index (χ0v) is 11.1. The van der Waals surface area contributed by atoms with E-state index >= 15 is 0 Å². The van der Waals surface area contributed by atoms with Gasteiger partial charge >= 0.3 is 0 Å². The first-order chi connectivity index (χ1) is 9.24. The fourth-order valence-corrected chi connectivity index (χ4v) is 3.42. The van der Waals surface area contributed by atoms with Crippen molar-refractivity contribution in [1.82, 2.24) is 0 Å². The number of thioether (sulfide) groups is 1. The number of ether oxygens (including phenoxy) is 1. The maximum Gasteiger partial charge on any atom is 0.177 e. The van der Waals surface area contributed by atoms with Crippen LogP contribution in [0.5, 0.6) is 5.75 Å². The van der Waals surface area contributed by atoms with Crippen LogP contribution in [0.25, 0.3) is 0 Å². The van der Waals surface area contributed by atoms with Gasteiger partial charge in [0.05, 0.1) is 5.69 Å². The van der Waals surface area contributed by atoms with Gasteiger partial charge in [-0.05, 0) is 30.2 Å². The first-order valence-electron chi connectivity index (χ1n) is 6.15. The zero-order valence-electron chi connectivity index (χ0n) is 10.3. The Morgan fingerprint density at radius 2 is 2.05 bits per heavy atom. The van der Waals surface area contributed by atoms with E-state index in [1.165, 1.54) is 16.5 Å². The number of benzene rings is 2. The van der Waals surface area contributed by atoms with Crippen molar-refractivity contribution in [3.05, 3.63) is 53.8 Å². The lowest BCUT2D eigenvalue weighted by Crippen LogP contribution is -2.14. The molecule has 3 rings (SSSR count). The lowest BCUT2D eigenvalue weighted by atomic mass is 10.1. The second-order valence-electron chi connectivity index (χ2n) is 4.52. The number of nitrogens with two attached hydrogens (primary N) is 1. The molecule has 0 aliphatic carbocycles. The van der Waals surface area contributed by atoms with Crippen LogP contribution < -0.4 is 10.5 Å². The standard InChI is InChI=1S/C15H14FNOS/c16-12-5-3-6-13(17)15(12)18-9-11-8-10-4-1-2-7-14(10)19-11/h1-7,11H,8-9,17H2. The van der Waals surface area contributed by atoms with Crippen molar-refractivity contribution in [2.24, 2.45) is 0 Å². The maximum absolute atomic E-state index is 13.6. The van der Waals surface area contributed by atoms with Gasteiger partial charge in [-0.15, -0.1) is 11.8 Å². The first kappa shape index (κ1) is 12.4. The molecule has 2 aromatic rings. The minimum Gasteiger partial charge on any atom is -0.487 e. The third kappa shape index (κ3) is 2.54. The van der Waals surface area contributed by atoms with Crippen LogP contribution in [-0.4, -0.2) is 11.9 Å². The number of hydrogen-bond acceptors (Lipinski definition) is 3. The molecule has 1 heterocycles. The van der Waals surface area contributed by atoms with Crippen LogP contribution in [0.15, 0.2) is 47.4 Å². The van der Waals surface area contributed by atoms with Crippen LogP contribution in [0.4, 0.5) is 10.1 Å². The second kappa shape index (κ2) is 5.13. The molecule has 2 nitrogen and oxygen atoms in total. The van der Waals surface area contributed by atoms with Gasteiger partial charge in [0.1, 0.15) is 6.61 Å². The molecule has 2 aromatic carbocycles. The summed E-state index contributed by atoms with van der Waals surface area (Å²) >= 11 is 1.78. The summed E-state index contributed by atoms with van der Waals surface area (Å²) in [6, 6.07) is 12.9. The molecule has 0 bridgehead atoms. The fourth-order valence-electron chi connectivity index (χ4n) is 2.20. The number of anilines is 1. The molecule has 0 fully saturated rings. The monoisotopic (exact) mass is 275 g/mol. The number of nitrogen functional groups attached to an aromatic ring is 1. The molecule has 19 heavy (non-hydrogen) atoms. The first-order valence-corrected chi connectivity index (χ1v) is 7.03. The number of halogens is 1. The average Bonchev–Trinajstić information content (AvgIpc) is 2.81. The molecule has 0 saturated carbocycles. The van der Waals surface area contributed by atoms with E-state index in [2.05, 4.69) is 12.1 Å². The molecule has 2 N–H and O–H groups in total. The van der Waals surface area contributed by atoms with Crippen molar-refractivity contribution in [3.63, 3.8) is 0 Å². The van der Waals surface area contributed by atoms with Gasteiger partial charge in [0, 0.05) is 10.1 Å². The van der Waals surface area contributed by atoms with Crippen LogP contribution in [-0.2, 0) is 6.42 Å². The predicted molar refractivity (Wildman–Crippen MR) is 76.1 cm³/mol. The molecule has 98 valence electrons. The van der Waals surface area contributed by atoms with Crippen molar-refractivity contribution in [3.8, 4) is 5.75 Å². The fraction of sp³-hybridized carbons (Fsp3) is 0.200. The summed E-state index contributed by atoms with van der Waals surface area (Å²) in [5.41, 5.74) is 7.40. The van der Waals surface area contributed by atoms with Crippen LogP contribution in [0, 0.1) is 5.82 Å². The third-order valence-corrected chi connectivity index (χ3v) is 4.41. The molecule has 0 saturated heterocycles. The van der Waals surface area contributed by atoms with Gasteiger partial charge in [-0.1, -0.05) is 24.3 Å². The highest BCUT2D eigenvalue weighted by atomic mass is 32.2. The Kier molecular flexibility index (Phi) is 3.34. The quantitative estimate of drug-likeness (QED) is 0.871. The number of fused-ring (bicyclic) bond motifs is 1. The van der Waals surface area contributed by atoms with Gasteiger partial charge in [0.15, 0.2) is 11.6 Å². The van der Waals surface area contributed by atoms with Gasteiger partial charge in [0.2, 0.25) is 0 Å². The van der Waals surface area contributed by atoms with Gasteiger partial charge in [-0.2, -0.15) is 0 Å². The smallest absolute Gasteiger partial charge is 0.177 e. The number of rotatable bonds is 3. The summed E-state index contributed by atoms with van der Waals surface area (Å²) in [6.45, 7) is 0.463. The van der Waals surface area contributed by atoms with Gasteiger partial charge in [0.25, 0.3) is 0 Å². The number of para-hydroxylation sites is 1. The second-order valence-corrected chi connectivity index (χ2v) is 5.86. The van der Waals surface area contributed by atoms with E-state index in [1.807, 2.05) is 12.1 Å². The van der Waals surface area contributed by atoms with E-state index in [0.717, 1.165) is 6.42 Å². The summed E-state index contributed by atoms with van der Waals surface area (Å²) < 4.78 is 19.1. The van der Waals surface area contributed by atoms with Crippen molar-refractivity contribution in [1.29, 1.82) is 0 Å². The summed E-state index contributed by atoms with van der Waals surface area (Å²) in [4.78, 5) is 1.29.